The van der Waals surface area contributed by atoms with E-state index in [1.165, 1.54) is 12.0 Å². The van der Waals surface area contributed by atoms with Gasteiger partial charge in [0.2, 0.25) is 6.41 Å². The molecule has 0 radical (unpaired) electrons. The molecule has 2 atom stereocenters. The number of carbonyl (C=O) groups is 1. The molecule has 0 spiro atoms. The summed E-state index contributed by atoms with van der Waals surface area (Å²) in [5.41, 5.74) is 1.39. The van der Waals surface area contributed by atoms with Crippen LogP contribution in [0.1, 0.15) is 73.7 Å². The van der Waals surface area contributed by atoms with Crippen LogP contribution in [0, 0.1) is 12.8 Å². The molecule has 1 fully saturated rings. The van der Waals surface area contributed by atoms with Gasteiger partial charge in [0.1, 0.15) is 0 Å². The van der Waals surface area contributed by atoms with E-state index in [0.29, 0.717) is 17.4 Å². The topological polar surface area (TPSA) is 59.0 Å². The van der Waals surface area contributed by atoms with E-state index in [1.54, 1.807) is 11.3 Å². The van der Waals surface area contributed by atoms with Crippen molar-refractivity contribution in [1.82, 2.24) is 4.90 Å². The van der Waals surface area contributed by atoms with Crippen molar-refractivity contribution in [1.29, 1.82) is 0 Å². The van der Waals surface area contributed by atoms with Crippen molar-refractivity contribution in [2.45, 2.75) is 71.8 Å². The molecular formula is C20H33NO4S. The first kappa shape index (κ1) is 21.4. The molecule has 26 heavy (non-hydrogen) atoms. The Kier molecular flexibility index (Phi) is 7.25. The average molecular weight is 384 g/mol. The van der Waals surface area contributed by atoms with Crippen LogP contribution in [0.2, 0.25) is 0 Å². The maximum atomic E-state index is 11.9. The monoisotopic (exact) mass is 383 g/mol. The quantitative estimate of drug-likeness (QED) is 0.591. The number of aliphatic hydroxyl groups excluding tert-OH is 1. The fourth-order valence-electron chi connectivity index (χ4n) is 3.77. The minimum atomic E-state index is -0.842. The van der Waals surface area contributed by atoms with Gasteiger partial charge in [0.15, 0.2) is 0 Å². The molecule has 2 rings (SSSR count). The highest BCUT2D eigenvalue weighted by Gasteiger charge is 2.32. The summed E-state index contributed by atoms with van der Waals surface area (Å²) in [7, 11) is 1.43. The average Bonchev–Trinajstić information content (AvgIpc) is 2.95. The summed E-state index contributed by atoms with van der Waals surface area (Å²) in [6, 6.07) is 0. The van der Waals surface area contributed by atoms with Crippen LogP contribution in [0.3, 0.4) is 0 Å². The van der Waals surface area contributed by atoms with E-state index in [2.05, 4.69) is 6.92 Å². The number of likely N-dealkylation sites (tertiary alicyclic amines) is 1. The molecule has 1 aliphatic heterocycles. The Bertz CT molecular complexity index is 599. The molecule has 0 aliphatic carbocycles. The minimum Gasteiger partial charge on any atom is -0.465 e. The summed E-state index contributed by atoms with van der Waals surface area (Å²) in [5.74, 6) is 0.749. The van der Waals surface area contributed by atoms with Gasteiger partial charge in [-0.3, -0.25) is 4.90 Å². The van der Waals surface area contributed by atoms with Crippen molar-refractivity contribution >= 4 is 17.3 Å². The highest BCUT2D eigenvalue weighted by atomic mass is 32.1. The van der Waals surface area contributed by atoms with Crippen molar-refractivity contribution in [3.63, 3.8) is 0 Å². The zero-order valence-corrected chi connectivity index (χ0v) is 17.7. The molecule has 1 N–H and O–H groups in total. The number of rotatable bonds is 6. The van der Waals surface area contributed by atoms with E-state index < -0.39 is 6.41 Å². The Morgan fingerprint density at radius 1 is 1.38 bits per heavy atom. The molecule has 148 valence electrons. The van der Waals surface area contributed by atoms with Crippen LogP contribution in [0.5, 0.6) is 0 Å². The fourth-order valence-corrected chi connectivity index (χ4v) is 5.11. The van der Waals surface area contributed by atoms with Gasteiger partial charge in [0.05, 0.1) is 18.3 Å². The summed E-state index contributed by atoms with van der Waals surface area (Å²) >= 11 is 1.67. The molecule has 5 nitrogen and oxygen atoms in total. The third-order valence-corrected chi connectivity index (χ3v) is 6.39. The van der Waals surface area contributed by atoms with Gasteiger partial charge >= 0.3 is 5.97 Å². The Hall–Kier alpha value is -0.950. The summed E-state index contributed by atoms with van der Waals surface area (Å²) in [4.78, 5) is 15.2. The number of aliphatic hydroxyl groups is 1. The molecule has 2 heterocycles. The minimum absolute atomic E-state index is 0.253. The van der Waals surface area contributed by atoms with E-state index in [9.17, 15) is 9.90 Å². The van der Waals surface area contributed by atoms with Crippen LogP contribution in [0.25, 0.3) is 0 Å². The van der Waals surface area contributed by atoms with E-state index in [0.717, 1.165) is 37.9 Å². The lowest BCUT2D eigenvalue weighted by molar-refractivity contribution is -0.243. The summed E-state index contributed by atoms with van der Waals surface area (Å²) < 4.78 is 10.6. The normalized spacial score (nSPS) is 19.3. The maximum absolute atomic E-state index is 11.9. The van der Waals surface area contributed by atoms with Crippen molar-refractivity contribution < 1.29 is 19.4 Å². The second kappa shape index (κ2) is 8.83. The second-order valence-corrected chi connectivity index (χ2v) is 8.99. The second-order valence-electron chi connectivity index (χ2n) is 8.07. The van der Waals surface area contributed by atoms with Crippen LogP contribution in [0.4, 0.5) is 0 Å². The Morgan fingerprint density at radius 3 is 2.50 bits per heavy atom. The number of ether oxygens (including phenoxy) is 2. The number of esters is 1. The molecule has 2 unspecified atom stereocenters. The van der Waals surface area contributed by atoms with Crippen LogP contribution in [0.15, 0.2) is 5.38 Å². The fraction of sp³-hybridized carbons (Fsp3) is 0.750. The first-order chi connectivity index (χ1) is 12.2. The molecule has 1 aromatic heterocycles. The van der Waals surface area contributed by atoms with Crippen molar-refractivity contribution in [3.8, 4) is 0 Å². The Morgan fingerprint density at radius 2 is 2.00 bits per heavy atom. The van der Waals surface area contributed by atoms with Gasteiger partial charge in [-0.2, -0.15) is 0 Å². The van der Waals surface area contributed by atoms with Gasteiger partial charge < -0.3 is 14.6 Å². The van der Waals surface area contributed by atoms with Crippen molar-refractivity contribution in [3.05, 3.63) is 21.4 Å². The molecule has 0 bridgehead atoms. The number of hydrogen-bond donors (Lipinski definition) is 1. The number of nitrogens with zero attached hydrogens (tertiary/aromatic N) is 1. The van der Waals surface area contributed by atoms with Gasteiger partial charge in [0, 0.05) is 23.3 Å². The number of hydrogen-bond acceptors (Lipinski definition) is 6. The smallest absolute Gasteiger partial charge is 0.338 e. The van der Waals surface area contributed by atoms with Crippen LogP contribution < -0.4 is 0 Å². The number of piperidine rings is 1. The molecule has 1 aromatic rings. The van der Waals surface area contributed by atoms with E-state index in [4.69, 9.17) is 9.47 Å². The SMILES string of the molecule is CCC(c1scc(C(=O)OC)c1C)C1CCN(C(O)OC(C)(C)C)CC1. The van der Waals surface area contributed by atoms with Crippen LogP contribution in [-0.2, 0) is 9.47 Å². The largest absolute Gasteiger partial charge is 0.465 e. The predicted octanol–water partition coefficient (Wildman–Crippen LogP) is 4.14. The zero-order chi connectivity index (χ0) is 19.5. The molecular weight excluding hydrogens is 350 g/mol. The lowest BCUT2D eigenvalue weighted by Crippen LogP contribution is -2.46. The number of methoxy groups -OCH3 is 1. The summed E-state index contributed by atoms with van der Waals surface area (Å²) in [6.45, 7) is 11.7. The van der Waals surface area contributed by atoms with Gasteiger partial charge in [-0.1, -0.05) is 6.92 Å². The number of carbonyl (C=O) groups excluding carboxylic acids is 1. The highest BCUT2D eigenvalue weighted by Crippen LogP contribution is 2.40. The first-order valence-electron chi connectivity index (χ1n) is 9.44. The van der Waals surface area contributed by atoms with Gasteiger partial charge in [-0.15, -0.1) is 11.3 Å². The van der Waals surface area contributed by atoms with Crippen LogP contribution in [-0.4, -0.2) is 48.2 Å². The predicted molar refractivity (Wildman–Crippen MR) is 105 cm³/mol. The third kappa shape index (κ3) is 5.06. The first-order valence-corrected chi connectivity index (χ1v) is 10.3. The van der Waals surface area contributed by atoms with E-state index in [-0.39, 0.29) is 11.6 Å². The lowest BCUT2D eigenvalue weighted by atomic mass is 9.80. The Balaban J connectivity index is 2.03. The van der Waals surface area contributed by atoms with Crippen molar-refractivity contribution in [2.24, 2.45) is 5.92 Å². The molecule has 0 aromatic carbocycles. The lowest BCUT2D eigenvalue weighted by Gasteiger charge is -2.39. The molecule has 6 heteroatoms. The Labute approximate surface area is 161 Å². The molecule has 0 amide bonds. The van der Waals surface area contributed by atoms with Crippen molar-refractivity contribution in [2.75, 3.05) is 20.2 Å². The summed E-state index contributed by atoms with van der Waals surface area (Å²) in [5, 5.41) is 12.2. The third-order valence-electron chi connectivity index (χ3n) is 5.17. The van der Waals surface area contributed by atoms with Gasteiger partial charge in [-0.05, 0) is 64.4 Å². The number of thiophene rings is 1. The van der Waals surface area contributed by atoms with E-state index in [1.807, 2.05) is 38.0 Å². The molecule has 0 saturated carbocycles. The molecule has 1 saturated heterocycles. The van der Waals surface area contributed by atoms with E-state index >= 15 is 0 Å². The molecule has 1 aliphatic rings. The summed E-state index contributed by atoms with van der Waals surface area (Å²) in [6.07, 6.45) is 2.25. The maximum Gasteiger partial charge on any atom is 0.338 e. The zero-order valence-electron chi connectivity index (χ0n) is 16.9. The van der Waals surface area contributed by atoms with Gasteiger partial charge in [0.25, 0.3) is 0 Å². The van der Waals surface area contributed by atoms with Crippen LogP contribution >= 0.6 is 11.3 Å². The highest BCUT2D eigenvalue weighted by molar-refractivity contribution is 7.10. The van der Waals surface area contributed by atoms with Gasteiger partial charge in [-0.25, -0.2) is 4.79 Å². The standard InChI is InChI=1S/C20H33NO4S/c1-7-15(17-13(2)16(12-26-17)18(22)24-6)14-8-10-21(11-9-14)19(23)25-20(3,4)5/h12,14-15,19,23H,7-11H2,1-6H3.